The molecule has 0 unspecified atom stereocenters. The third-order valence-electron chi connectivity index (χ3n) is 3.59. The smallest absolute Gasteiger partial charge is 0.387 e. The Balaban J connectivity index is 1.90. The van der Waals surface area contributed by atoms with Gasteiger partial charge >= 0.3 is 12.6 Å². The second-order valence-electron chi connectivity index (χ2n) is 5.17. The molecule has 1 aliphatic rings. The van der Waals surface area contributed by atoms with Crippen LogP contribution in [0.2, 0.25) is 0 Å². The van der Waals surface area contributed by atoms with Crippen molar-refractivity contribution in [2.45, 2.75) is 44.9 Å². The largest absolute Gasteiger partial charge is 0.493 e. The average Bonchev–Trinajstić information content (AvgIpc) is 2.97. The lowest BCUT2D eigenvalue weighted by atomic mass is 10.2. The zero-order valence-corrected chi connectivity index (χ0v) is 12.4. The molecule has 0 saturated heterocycles. The van der Waals surface area contributed by atoms with Crippen molar-refractivity contribution in [2.24, 2.45) is 0 Å². The van der Waals surface area contributed by atoms with Crippen LogP contribution in [0.3, 0.4) is 0 Å². The number of hydrogen-bond donors (Lipinski definition) is 2. The maximum absolute atomic E-state index is 12.4. The zero-order chi connectivity index (χ0) is 15.9. The van der Waals surface area contributed by atoms with Gasteiger partial charge in [-0.05, 0) is 30.5 Å². The summed E-state index contributed by atoms with van der Waals surface area (Å²) in [5, 5.41) is 5.60. The molecule has 1 aromatic carbocycles. The lowest BCUT2D eigenvalue weighted by Crippen LogP contribution is -2.40. The van der Waals surface area contributed by atoms with E-state index in [4.69, 9.17) is 4.74 Å². The van der Waals surface area contributed by atoms with Crippen LogP contribution >= 0.6 is 0 Å². The van der Waals surface area contributed by atoms with Crippen LogP contribution in [0.25, 0.3) is 0 Å². The van der Waals surface area contributed by atoms with E-state index in [0.717, 1.165) is 25.7 Å². The van der Waals surface area contributed by atoms with Crippen molar-refractivity contribution in [2.75, 3.05) is 7.11 Å². The van der Waals surface area contributed by atoms with Crippen molar-refractivity contribution in [1.29, 1.82) is 0 Å². The highest BCUT2D eigenvalue weighted by atomic mass is 19.3. The first-order valence-corrected chi connectivity index (χ1v) is 7.24. The number of benzene rings is 1. The normalized spacial score (nSPS) is 14.9. The Morgan fingerprint density at radius 3 is 2.68 bits per heavy atom. The Hall–Kier alpha value is -2.05. The Morgan fingerprint density at radius 2 is 2.05 bits per heavy atom. The van der Waals surface area contributed by atoms with Crippen LogP contribution in [0, 0.1) is 0 Å². The Labute approximate surface area is 128 Å². The van der Waals surface area contributed by atoms with Crippen molar-refractivity contribution in [3.63, 3.8) is 0 Å². The number of nitrogens with one attached hydrogen (secondary N) is 2. The number of ether oxygens (including phenoxy) is 2. The first-order valence-electron chi connectivity index (χ1n) is 7.24. The van der Waals surface area contributed by atoms with Gasteiger partial charge in [-0.1, -0.05) is 18.9 Å². The summed E-state index contributed by atoms with van der Waals surface area (Å²) in [4.78, 5) is 11.8. The van der Waals surface area contributed by atoms with E-state index in [-0.39, 0.29) is 30.1 Å². The molecule has 0 aromatic heterocycles. The fourth-order valence-electron chi connectivity index (χ4n) is 2.51. The van der Waals surface area contributed by atoms with E-state index in [0.29, 0.717) is 5.56 Å². The molecule has 0 atom stereocenters. The number of urea groups is 1. The second kappa shape index (κ2) is 7.82. The molecule has 5 nitrogen and oxygen atoms in total. The van der Waals surface area contributed by atoms with Crippen LogP contribution < -0.4 is 20.1 Å². The van der Waals surface area contributed by atoms with Crippen molar-refractivity contribution < 1.29 is 23.0 Å². The number of carbonyl (C=O) groups excluding carboxylic acids is 1. The Bertz CT molecular complexity index is 506. The molecule has 0 radical (unpaired) electrons. The zero-order valence-electron chi connectivity index (χ0n) is 12.4. The lowest BCUT2D eigenvalue weighted by molar-refractivity contribution is -0.0512. The quantitative estimate of drug-likeness (QED) is 0.848. The molecular formula is C15H20F2N2O3. The summed E-state index contributed by atoms with van der Waals surface area (Å²) in [6.07, 6.45) is 4.28. The summed E-state index contributed by atoms with van der Waals surface area (Å²) in [6, 6.07) is 4.63. The number of methoxy groups -OCH3 is 1. The van der Waals surface area contributed by atoms with E-state index < -0.39 is 6.61 Å². The van der Waals surface area contributed by atoms with Crippen LogP contribution in [0.5, 0.6) is 11.5 Å². The van der Waals surface area contributed by atoms with Gasteiger partial charge in [0.2, 0.25) is 0 Å². The molecular weight excluding hydrogens is 294 g/mol. The number of alkyl halides is 2. The van der Waals surface area contributed by atoms with Gasteiger partial charge < -0.3 is 20.1 Å². The van der Waals surface area contributed by atoms with Gasteiger partial charge in [0.25, 0.3) is 0 Å². The maximum atomic E-state index is 12.4. The standard InChI is InChI=1S/C15H20F2N2O3/c1-21-12-7-6-10(8-13(12)22-14(16)17)9-18-15(20)19-11-4-2-3-5-11/h6-8,11,14H,2-5,9H2,1H3,(H2,18,19,20). The number of amides is 2. The minimum absolute atomic E-state index is 0.0481. The summed E-state index contributed by atoms with van der Waals surface area (Å²) in [5.74, 6) is 0.174. The molecule has 2 rings (SSSR count). The fraction of sp³-hybridized carbons (Fsp3) is 0.533. The molecule has 1 saturated carbocycles. The molecule has 7 heteroatoms. The van der Waals surface area contributed by atoms with Crippen molar-refractivity contribution in [1.82, 2.24) is 10.6 Å². The molecule has 22 heavy (non-hydrogen) atoms. The molecule has 2 N–H and O–H groups in total. The Morgan fingerprint density at radius 1 is 1.32 bits per heavy atom. The van der Waals surface area contributed by atoms with Crippen molar-refractivity contribution in [3.8, 4) is 11.5 Å². The van der Waals surface area contributed by atoms with E-state index in [1.807, 2.05) is 0 Å². The molecule has 0 heterocycles. The van der Waals surface area contributed by atoms with Gasteiger partial charge in [-0.25, -0.2) is 4.79 Å². The van der Waals surface area contributed by atoms with Crippen molar-refractivity contribution >= 4 is 6.03 Å². The van der Waals surface area contributed by atoms with Gasteiger partial charge in [-0.15, -0.1) is 0 Å². The van der Waals surface area contributed by atoms with E-state index in [2.05, 4.69) is 15.4 Å². The van der Waals surface area contributed by atoms with Gasteiger partial charge in [-0.2, -0.15) is 8.78 Å². The molecule has 0 spiro atoms. The molecule has 122 valence electrons. The van der Waals surface area contributed by atoms with E-state index in [9.17, 15) is 13.6 Å². The Kier molecular flexibility index (Phi) is 5.80. The third kappa shape index (κ3) is 4.75. The van der Waals surface area contributed by atoms with Crippen LogP contribution in [0.4, 0.5) is 13.6 Å². The van der Waals surface area contributed by atoms with Crippen LogP contribution in [0.15, 0.2) is 18.2 Å². The van der Waals surface area contributed by atoms with Gasteiger partial charge in [0.05, 0.1) is 7.11 Å². The summed E-state index contributed by atoms with van der Waals surface area (Å²) in [6.45, 7) is -2.70. The lowest BCUT2D eigenvalue weighted by Gasteiger charge is -2.14. The molecule has 0 bridgehead atoms. The minimum atomic E-state index is -2.93. The summed E-state index contributed by atoms with van der Waals surface area (Å²) in [5.41, 5.74) is 0.651. The number of rotatable bonds is 6. The summed E-state index contributed by atoms with van der Waals surface area (Å²) >= 11 is 0. The predicted molar refractivity (Wildman–Crippen MR) is 77.3 cm³/mol. The topological polar surface area (TPSA) is 59.6 Å². The van der Waals surface area contributed by atoms with Gasteiger partial charge in [0.1, 0.15) is 0 Å². The third-order valence-corrected chi connectivity index (χ3v) is 3.59. The monoisotopic (exact) mass is 314 g/mol. The van der Waals surface area contributed by atoms with E-state index >= 15 is 0 Å². The molecule has 1 fully saturated rings. The maximum Gasteiger partial charge on any atom is 0.387 e. The van der Waals surface area contributed by atoms with Gasteiger partial charge in [0, 0.05) is 12.6 Å². The molecule has 1 aliphatic carbocycles. The van der Waals surface area contributed by atoms with Crippen LogP contribution in [-0.2, 0) is 6.54 Å². The second-order valence-corrected chi connectivity index (χ2v) is 5.17. The number of hydrogen-bond acceptors (Lipinski definition) is 3. The number of halogens is 2. The fourth-order valence-corrected chi connectivity index (χ4v) is 2.51. The molecule has 2 amide bonds. The number of carbonyl (C=O) groups is 1. The van der Waals surface area contributed by atoms with Crippen molar-refractivity contribution in [3.05, 3.63) is 23.8 Å². The highest BCUT2D eigenvalue weighted by molar-refractivity contribution is 5.74. The average molecular weight is 314 g/mol. The van der Waals surface area contributed by atoms with Gasteiger partial charge in [0.15, 0.2) is 11.5 Å². The van der Waals surface area contributed by atoms with E-state index in [1.54, 1.807) is 6.07 Å². The van der Waals surface area contributed by atoms with Crippen LogP contribution in [-0.4, -0.2) is 25.8 Å². The molecule has 0 aliphatic heterocycles. The predicted octanol–water partition coefficient (Wildman–Crippen LogP) is 3.04. The summed E-state index contributed by atoms with van der Waals surface area (Å²) in [7, 11) is 1.38. The van der Waals surface area contributed by atoms with E-state index in [1.165, 1.54) is 19.2 Å². The highest BCUT2D eigenvalue weighted by Gasteiger charge is 2.17. The minimum Gasteiger partial charge on any atom is -0.493 e. The van der Waals surface area contributed by atoms with Gasteiger partial charge in [-0.3, -0.25) is 0 Å². The summed E-state index contributed by atoms with van der Waals surface area (Å²) < 4.78 is 34.1. The first kappa shape index (κ1) is 16.3. The molecule has 1 aromatic rings. The highest BCUT2D eigenvalue weighted by Crippen LogP contribution is 2.29. The van der Waals surface area contributed by atoms with Crippen LogP contribution in [0.1, 0.15) is 31.2 Å². The SMILES string of the molecule is COc1ccc(CNC(=O)NC2CCCC2)cc1OC(F)F. The first-order chi connectivity index (χ1) is 10.6.